The van der Waals surface area contributed by atoms with Crippen LogP contribution in [0.3, 0.4) is 0 Å². The number of hydrogen-bond acceptors (Lipinski definition) is 6. The van der Waals surface area contributed by atoms with Gasteiger partial charge in [0.2, 0.25) is 5.91 Å². The largest absolute Gasteiger partial charge is 0.355 e. The van der Waals surface area contributed by atoms with Crippen molar-refractivity contribution < 1.29 is 4.79 Å². The summed E-state index contributed by atoms with van der Waals surface area (Å²) in [5, 5.41) is 4.34. The third-order valence-corrected chi connectivity index (χ3v) is 7.76. The summed E-state index contributed by atoms with van der Waals surface area (Å²) in [7, 11) is 0. The van der Waals surface area contributed by atoms with Crippen molar-refractivity contribution in [1.82, 2.24) is 9.97 Å². The van der Waals surface area contributed by atoms with Gasteiger partial charge in [0.05, 0.1) is 23.1 Å². The molecular weight excluding hydrogens is 430 g/mol. The fourth-order valence-electron chi connectivity index (χ4n) is 4.17. The second-order valence-electron chi connectivity index (χ2n) is 8.90. The van der Waals surface area contributed by atoms with E-state index in [-0.39, 0.29) is 17.4 Å². The highest BCUT2D eigenvalue weighted by Crippen LogP contribution is 2.37. The van der Waals surface area contributed by atoms with Crippen LogP contribution in [0.25, 0.3) is 0 Å². The minimum atomic E-state index is -0.0894. The Morgan fingerprint density at radius 2 is 1.94 bits per heavy atom. The van der Waals surface area contributed by atoms with Gasteiger partial charge in [0, 0.05) is 29.4 Å². The number of amides is 1. The second kappa shape index (κ2) is 9.76. The van der Waals surface area contributed by atoms with Crippen LogP contribution in [0.15, 0.2) is 40.5 Å². The van der Waals surface area contributed by atoms with Crippen molar-refractivity contribution in [2.24, 2.45) is 11.7 Å². The number of piperidine rings is 1. The Bertz CT molecular complexity index is 905. The van der Waals surface area contributed by atoms with Gasteiger partial charge in [-0.1, -0.05) is 48.7 Å². The molecule has 6 nitrogen and oxygen atoms in total. The van der Waals surface area contributed by atoms with E-state index < -0.39 is 0 Å². The van der Waals surface area contributed by atoms with Gasteiger partial charge in [0.15, 0.2) is 0 Å². The number of carbonyl (C=O) groups excluding carboxylic acids is 1. The van der Waals surface area contributed by atoms with Gasteiger partial charge in [-0.3, -0.25) is 4.79 Å². The van der Waals surface area contributed by atoms with Crippen LogP contribution in [-0.4, -0.2) is 34.5 Å². The van der Waals surface area contributed by atoms with Crippen LogP contribution in [0.4, 0.5) is 11.5 Å². The Labute approximate surface area is 193 Å². The van der Waals surface area contributed by atoms with E-state index in [9.17, 15) is 4.79 Å². The van der Waals surface area contributed by atoms with Crippen molar-refractivity contribution in [3.63, 3.8) is 0 Å². The molecule has 1 aromatic carbocycles. The highest BCUT2D eigenvalue weighted by molar-refractivity contribution is 7.99. The Hall–Kier alpha value is -1.83. The number of nitrogens with zero attached hydrogens (tertiary/aromatic N) is 3. The van der Waals surface area contributed by atoms with Crippen LogP contribution in [0.5, 0.6) is 0 Å². The molecule has 2 fully saturated rings. The first-order valence-corrected chi connectivity index (χ1v) is 12.2. The fraction of sp³-hybridized carbons (Fsp3) is 0.522. The number of carbonyl (C=O) groups is 1. The van der Waals surface area contributed by atoms with Crippen molar-refractivity contribution in [2.75, 3.05) is 23.3 Å². The zero-order valence-corrected chi connectivity index (χ0v) is 19.5. The minimum Gasteiger partial charge on any atom is -0.355 e. The number of rotatable bonds is 5. The molecule has 2 aliphatic rings. The average Bonchev–Trinajstić information content (AvgIpc) is 2.78. The van der Waals surface area contributed by atoms with E-state index in [2.05, 4.69) is 27.1 Å². The van der Waals surface area contributed by atoms with Crippen LogP contribution >= 0.6 is 23.4 Å². The first-order valence-electron chi connectivity index (χ1n) is 11.0. The van der Waals surface area contributed by atoms with E-state index in [4.69, 9.17) is 17.3 Å². The van der Waals surface area contributed by atoms with Crippen LogP contribution < -0.4 is 16.0 Å². The summed E-state index contributed by atoms with van der Waals surface area (Å²) in [6.07, 6.45) is 10.9. The van der Waals surface area contributed by atoms with E-state index in [1.165, 1.54) is 18.2 Å². The lowest BCUT2D eigenvalue weighted by Crippen LogP contribution is -2.48. The number of aromatic nitrogens is 2. The maximum atomic E-state index is 12.6. The van der Waals surface area contributed by atoms with Gasteiger partial charge >= 0.3 is 0 Å². The highest BCUT2D eigenvalue weighted by atomic mass is 35.5. The van der Waals surface area contributed by atoms with Gasteiger partial charge in [0.1, 0.15) is 10.8 Å². The molecule has 0 radical (unpaired) electrons. The molecule has 1 saturated heterocycles. The van der Waals surface area contributed by atoms with Gasteiger partial charge in [-0.05, 0) is 44.7 Å². The van der Waals surface area contributed by atoms with Gasteiger partial charge in [-0.2, -0.15) is 0 Å². The molecule has 0 spiro atoms. The average molecular weight is 460 g/mol. The van der Waals surface area contributed by atoms with Crippen molar-refractivity contribution in [1.29, 1.82) is 0 Å². The molecule has 4 rings (SSSR count). The summed E-state index contributed by atoms with van der Waals surface area (Å²) >= 11 is 8.07. The molecule has 2 aromatic rings. The summed E-state index contributed by atoms with van der Waals surface area (Å²) in [6, 6.07) is 5.69. The van der Waals surface area contributed by atoms with Crippen LogP contribution in [0.1, 0.15) is 51.9 Å². The predicted octanol–water partition coefficient (Wildman–Crippen LogP) is 5.12. The molecule has 1 amide bonds. The van der Waals surface area contributed by atoms with Crippen molar-refractivity contribution in [3.05, 3.63) is 35.6 Å². The maximum Gasteiger partial charge on any atom is 0.227 e. The van der Waals surface area contributed by atoms with Crippen LogP contribution in [0, 0.1) is 5.92 Å². The van der Waals surface area contributed by atoms with E-state index in [1.54, 1.807) is 6.20 Å². The zero-order chi connectivity index (χ0) is 21.8. The number of benzene rings is 1. The molecule has 8 heteroatoms. The SMILES string of the molecule is CC1(N)CCN(c2cnc(Sc3cccc(NC(=O)C4CCCCC4)c3Cl)cn2)CC1. The maximum absolute atomic E-state index is 12.6. The first kappa shape index (κ1) is 22.4. The molecule has 3 N–H and O–H groups in total. The lowest BCUT2D eigenvalue weighted by molar-refractivity contribution is -0.120. The van der Waals surface area contributed by atoms with Crippen molar-refractivity contribution in [2.45, 2.75) is 67.3 Å². The van der Waals surface area contributed by atoms with Crippen molar-refractivity contribution >= 4 is 40.8 Å². The zero-order valence-electron chi connectivity index (χ0n) is 17.9. The number of nitrogens with one attached hydrogen (secondary N) is 1. The van der Waals surface area contributed by atoms with Crippen LogP contribution in [-0.2, 0) is 4.79 Å². The van der Waals surface area contributed by atoms with Gasteiger partial charge in [-0.25, -0.2) is 9.97 Å². The summed E-state index contributed by atoms with van der Waals surface area (Å²) in [5.74, 6) is 1.04. The Morgan fingerprint density at radius 3 is 2.61 bits per heavy atom. The summed E-state index contributed by atoms with van der Waals surface area (Å²) in [4.78, 5) is 24.9. The molecule has 31 heavy (non-hydrogen) atoms. The second-order valence-corrected chi connectivity index (χ2v) is 10.3. The standard InChI is InChI=1S/C23H30ClN5OS/c1-23(25)10-12-29(13-11-23)19-14-27-20(15-26-19)31-18-9-5-8-17(21(18)24)28-22(30)16-6-3-2-4-7-16/h5,8-9,14-16H,2-4,6-7,10-13,25H2,1H3,(H,28,30). The lowest BCUT2D eigenvalue weighted by atomic mass is 9.88. The Morgan fingerprint density at radius 1 is 1.19 bits per heavy atom. The molecular formula is C23H30ClN5OS. The van der Waals surface area contributed by atoms with Crippen molar-refractivity contribution in [3.8, 4) is 0 Å². The quantitative estimate of drug-likeness (QED) is 0.645. The summed E-state index contributed by atoms with van der Waals surface area (Å²) in [5.41, 5.74) is 6.79. The van der Waals surface area contributed by atoms with E-state index in [0.29, 0.717) is 10.7 Å². The monoisotopic (exact) mass is 459 g/mol. The third kappa shape index (κ3) is 5.70. The van der Waals surface area contributed by atoms with E-state index in [0.717, 1.165) is 67.4 Å². The molecule has 0 atom stereocenters. The van der Waals surface area contributed by atoms with E-state index >= 15 is 0 Å². The van der Waals surface area contributed by atoms with E-state index in [1.807, 2.05) is 24.4 Å². The highest BCUT2D eigenvalue weighted by Gasteiger charge is 2.26. The normalized spacial score (nSPS) is 19.3. The number of anilines is 2. The molecule has 166 valence electrons. The Balaban J connectivity index is 1.40. The minimum absolute atomic E-state index is 0.0722. The number of hydrogen-bond donors (Lipinski definition) is 2. The first-order chi connectivity index (χ1) is 14.9. The Kier molecular flexibility index (Phi) is 7.04. The molecule has 2 heterocycles. The molecule has 1 saturated carbocycles. The molecule has 1 aliphatic heterocycles. The molecule has 1 aliphatic carbocycles. The topological polar surface area (TPSA) is 84.1 Å². The summed E-state index contributed by atoms with van der Waals surface area (Å²) < 4.78 is 0. The lowest BCUT2D eigenvalue weighted by Gasteiger charge is -2.37. The molecule has 0 bridgehead atoms. The number of halogens is 1. The van der Waals surface area contributed by atoms with Gasteiger partial charge in [-0.15, -0.1) is 0 Å². The number of nitrogens with two attached hydrogens (primary N) is 1. The smallest absolute Gasteiger partial charge is 0.227 e. The van der Waals surface area contributed by atoms with Gasteiger partial charge < -0.3 is 16.0 Å². The van der Waals surface area contributed by atoms with Gasteiger partial charge in [0.25, 0.3) is 0 Å². The van der Waals surface area contributed by atoms with Crippen LogP contribution in [0.2, 0.25) is 5.02 Å². The summed E-state index contributed by atoms with van der Waals surface area (Å²) in [6.45, 7) is 3.89. The molecule has 1 aromatic heterocycles. The predicted molar refractivity (Wildman–Crippen MR) is 127 cm³/mol. The third-order valence-electron chi connectivity index (χ3n) is 6.26. The fourth-order valence-corrected chi connectivity index (χ4v) is 5.24. The molecule has 0 unspecified atom stereocenters.